The van der Waals surface area contributed by atoms with Crippen LogP contribution < -0.4 is 5.32 Å². The predicted octanol–water partition coefficient (Wildman–Crippen LogP) is 1.87. The third kappa shape index (κ3) is 20.6. The summed E-state index contributed by atoms with van der Waals surface area (Å²) in [5, 5.41) is 119. The highest BCUT2D eigenvalue weighted by atomic mass is 16.8. The fourth-order valence-electron chi connectivity index (χ4n) is 8.95. The molecule has 0 aromatic carbocycles. The minimum absolute atomic E-state index is 0.231. The molecule has 3 saturated heterocycles. The van der Waals surface area contributed by atoms with Gasteiger partial charge >= 0.3 is 0 Å². The molecule has 19 heteroatoms. The zero-order valence-electron chi connectivity index (χ0n) is 40.8. The van der Waals surface area contributed by atoms with Gasteiger partial charge < -0.3 is 89.9 Å². The number of carbonyl (C=O) groups excluding carboxylic acids is 1. The lowest BCUT2D eigenvalue weighted by Crippen LogP contribution is -2.66. The monoisotopic (exact) mass is 982 g/mol. The Hall–Kier alpha value is -1.47. The van der Waals surface area contributed by atoms with Crippen LogP contribution in [0.5, 0.6) is 0 Å². The van der Waals surface area contributed by atoms with Gasteiger partial charge in [0.15, 0.2) is 18.9 Å². The molecule has 400 valence electrons. The summed E-state index contributed by atoms with van der Waals surface area (Å²) in [6, 6.07) is -0.962. The van der Waals surface area contributed by atoms with Crippen LogP contribution in [-0.4, -0.2) is 193 Å². The molecule has 0 bridgehead atoms. The molecule has 0 aliphatic carbocycles. The first-order chi connectivity index (χ1) is 32.8. The van der Waals surface area contributed by atoms with Crippen molar-refractivity contribution < 1.29 is 89.4 Å². The van der Waals surface area contributed by atoms with Crippen LogP contribution in [0.1, 0.15) is 162 Å². The number of ether oxygens (including phenoxy) is 6. The van der Waals surface area contributed by atoms with Crippen molar-refractivity contribution in [1.82, 2.24) is 5.32 Å². The average molecular weight is 982 g/mol. The molecule has 0 aromatic rings. The van der Waals surface area contributed by atoms with Crippen molar-refractivity contribution in [1.29, 1.82) is 0 Å². The van der Waals surface area contributed by atoms with Crippen molar-refractivity contribution in [3.05, 3.63) is 12.2 Å². The van der Waals surface area contributed by atoms with E-state index in [1.54, 1.807) is 6.08 Å². The summed E-state index contributed by atoms with van der Waals surface area (Å²) in [4.78, 5) is 12.9. The second kappa shape index (κ2) is 34.8. The molecule has 0 spiro atoms. The molecule has 17 unspecified atom stereocenters. The Labute approximate surface area is 404 Å². The highest BCUT2D eigenvalue weighted by molar-refractivity contribution is 5.76. The summed E-state index contributed by atoms with van der Waals surface area (Å²) >= 11 is 0. The number of aliphatic hydroxyl groups excluding tert-OH is 11. The van der Waals surface area contributed by atoms with Gasteiger partial charge in [-0.1, -0.05) is 148 Å². The topological polar surface area (TPSA) is 307 Å². The summed E-state index contributed by atoms with van der Waals surface area (Å²) < 4.78 is 33.9. The maximum Gasteiger partial charge on any atom is 0.220 e. The van der Waals surface area contributed by atoms with E-state index in [2.05, 4.69) is 12.2 Å². The maximum absolute atomic E-state index is 12.9. The van der Waals surface area contributed by atoms with Gasteiger partial charge in [-0.05, 0) is 19.3 Å². The van der Waals surface area contributed by atoms with E-state index in [9.17, 15) is 61.0 Å². The minimum atomic E-state index is -1.97. The number of hydrogen-bond donors (Lipinski definition) is 12. The molecule has 3 fully saturated rings. The van der Waals surface area contributed by atoms with Gasteiger partial charge in [-0.15, -0.1) is 0 Å². The van der Waals surface area contributed by atoms with E-state index < -0.39 is 124 Å². The van der Waals surface area contributed by atoms with Gasteiger partial charge in [0.05, 0.1) is 38.6 Å². The molecular weight excluding hydrogens is 891 g/mol. The quantitative estimate of drug-likeness (QED) is 0.0315. The van der Waals surface area contributed by atoms with Gasteiger partial charge in [-0.25, -0.2) is 0 Å². The van der Waals surface area contributed by atoms with Crippen LogP contribution in [0, 0.1) is 0 Å². The highest BCUT2D eigenvalue weighted by Gasteiger charge is 2.53. The lowest BCUT2D eigenvalue weighted by molar-refractivity contribution is -0.379. The van der Waals surface area contributed by atoms with Crippen molar-refractivity contribution >= 4 is 5.91 Å². The van der Waals surface area contributed by atoms with Crippen LogP contribution in [0.15, 0.2) is 12.2 Å². The average Bonchev–Trinajstić information content (AvgIpc) is 3.33. The van der Waals surface area contributed by atoms with Gasteiger partial charge in [0.2, 0.25) is 5.91 Å². The lowest BCUT2D eigenvalue weighted by Gasteiger charge is -2.48. The number of nitrogens with one attached hydrogen (secondary N) is 1. The second-order valence-electron chi connectivity index (χ2n) is 19.0. The Bertz CT molecular complexity index is 1310. The number of unbranched alkanes of at least 4 members (excludes halogenated alkanes) is 20. The molecule has 19 nitrogen and oxygen atoms in total. The van der Waals surface area contributed by atoms with Crippen molar-refractivity contribution in [2.24, 2.45) is 0 Å². The van der Waals surface area contributed by atoms with Crippen LogP contribution in [0.2, 0.25) is 0 Å². The summed E-state index contributed by atoms with van der Waals surface area (Å²) in [5.41, 5.74) is 0. The molecule has 1 amide bonds. The third-order valence-corrected chi connectivity index (χ3v) is 13.3. The molecule has 3 aliphatic heterocycles. The number of aliphatic hydroxyl groups is 11. The molecule has 12 N–H and O–H groups in total. The van der Waals surface area contributed by atoms with Crippen molar-refractivity contribution in [3.8, 4) is 0 Å². The summed E-state index contributed by atoms with van der Waals surface area (Å²) in [5.74, 6) is -0.301. The maximum atomic E-state index is 12.9. The number of carbonyl (C=O) groups is 1. The van der Waals surface area contributed by atoms with Crippen molar-refractivity contribution in [2.45, 2.75) is 266 Å². The number of amides is 1. The normalized spacial score (nSPS) is 33.2. The van der Waals surface area contributed by atoms with Crippen LogP contribution in [-0.2, 0) is 33.2 Å². The smallest absolute Gasteiger partial charge is 0.220 e. The standard InChI is InChI=1S/C49H91NO18/c1-3-5-7-8-9-10-11-12-13-14-15-16-17-18-19-20-21-22-23-25-26-33(54)32(50-37(55)27-24-6-4-2)31-63-47-43(61)40(58)45(35(29-52)65-47)68-49-44(62)41(59)46(36(30-53)66-49)67-48-42(60)39(57)38(56)34(28-51)64-48/h25-26,32-36,38-49,51-54,56-62H,3-24,27-31H2,1-2H3,(H,50,55)/b26-25+. The van der Waals surface area contributed by atoms with E-state index >= 15 is 0 Å². The first-order valence-electron chi connectivity index (χ1n) is 25.9. The molecule has 0 radical (unpaired) electrons. The highest BCUT2D eigenvalue weighted by Crippen LogP contribution is 2.33. The molecular formula is C49H91NO18. The van der Waals surface area contributed by atoms with Gasteiger partial charge in [0, 0.05) is 6.42 Å². The summed E-state index contributed by atoms with van der Waals surface area (Å²) in [7, 11) is 0. The number of allylic oxidation sites excluding steroid dienone is 1. The van der Waals surface area contributed by atoms with E-state index in [1.807, 2.05) is 13.0 Å². The van der Waals surface area contributed by atoms with Crippen LogP contribution >= 0.6 is 0 Å². The first kappa shape index (κ1) is 60.8. The van der Waals surface area contributed by atoms with Gasteiger partial charge in [-0.3, -0.25) is 4.79 Å². The van der Waals surface area contributed by atoms with Gasteiger partial charge in [0.1, 0.15) is 73.2 Å². The van der Waals surface area contributed by atoms with Crippen LogP contribution in [0.25, 0.3) is 0 Å². The zero-order chi connectivity index (χ0) is 49.8. The Balaban J connectivity index is 1.46. The summed E-state index contributed by atoms with van der Waals surface area (Å²) in [6.07, 6.45) is 3.33. The third-order valence-electron chi connectivity index (χ3n) is 13.3. The molecule has 3 heterocycles. The molecule has 3 rings (SSSR count). The molecule has 3 aliphatic rings. The van der Waals surface area contributed by atoms with Gasteiger partial charge in [0.25, 0.3) is 0 Å². The van der Waals surface area contributed by atoms with Crippen LogP contribution in [0.4, 0.5) is 0 Å². The second-order valence-corrected chi connectivity index (χ2v) is 19.0. The Kier molecular flexibility index (Phi) is 31.1. The lowest BCUT2D eigenvalue weighted by atomic mass is 9.96. The van der Waals surface area contributed by atoms with Crippen LogP contribution in [0.3, 0.4) is 0 Å². The summed E-state index contributed by atoms with van der Waals surface area (Å²) in [6.45, 7) is 1.51. The first-order valence-corrected chi connectivity index (χ1v) is 25.9. The van der Waals surface area contributed by atoms with E-state index in [0.717, 1.165) is 38.5 Å². The van der Waals surface area contributed by atoms with Crippen molar-refractivity contribution in [2.75, 3.05) is 26.4 Å². The molecule has 0 saturated carbocycles. The fraction of sp³-hybridized carbons (Fsp3) is 0.939. The van der Waals surface area contributed by atoms with Gasteiger partial charge in [-0.2, -0.15) is 0 Å². The largest absolute Gasteiger partial charge is 0.394 e. The number of hydrogen-bond acceptors (Lipinski definition) is 18. The number of rotatable bonds is 36. The van der Waals surface area contributed by atoms with E-state index in [0.29, 0.717) is 6.42 Å². The Morgan fingerprint density at radius 3 is 1.38 bits per heavy atom. The predicted molar refractivity (Wildman–Crippen MR) is 250 cm³/mol. The fourth-order valence-corrected chi connectivity index (χ4v) is 8.95. The molecule has 68 heavy (non-hydrogen) atoms. The van der Waals surface area contributed by atoms with Crippen molar-refractivity contribution in [3.63, 3.8) is 0 Å². The van der Waals surface area contributed by atoms with E-state index in [4.69, 9.17) is 28.4 Å². The zero-order valence-corrected chi connectivity index (χ0v) is 40.8. The van der Waals surface area contributed by atoms with E-state index in [-0.39, 0.29) is 18.9 Å². The molecule has 17 atom stereocenters. The molecule has 0 aromatic heterocycles. The SMILES string of the molecule is CCCCCCCCCCCCCCCCCCCC/C=C/C(O)C(COC1OC(CO)C(OC2OC(CO)C(OC3OC(CO)C(O)C(O)C3O)C(O)C2O)C(O)C1O)NC(=O)CCCCC. The Morgan fingerprint density at radius 2 is 0.912 bits per heavy atom. The Morgan fingerprint density at radius 1 is 0.515 bits per heavy atom. The van der Waals surface area contributed by atoms with E-state index in [1.165, 1.54) is 96.3 Å². The minimum Gasteiger partial charge on any atom is -0.394 e.